The van der Waals surface area contributed by atoms with Crippen molar-refractivity contribution >= 4 is 11.8 Å². The van der Waals surface area contributed by atoms with Gasteiger partial charge in [0.15, 0.2) is 0 Å². The maximum atomic E-state index is 11.4. The quantitative estimate of drug-likeness (QED) is 0.579. The van der Waals surface area contributed by atoms with Gasteiger partial charge < -0.3 is 4.74 Å². The fourth-order valence-electron chi connectivity index (χ4n) is 1.89. The summed E-state index contributed by atoms with van der Waals surface area (Å²) in [4.78, 5) is 22.8. The Morgan fingerprint density at radius 3 is 2.38 bits per heavy atom. The Morgan fingerprint density at radius 1 is 1.54 bits per heavy atom. The molecule has 74 valence electrons. The summed E-state index contributed by atoms with van der Waals surface area (Å²) in [5, 5.41) is 0. The zero-order chi connectivity index (χ0) is 10.2. The van der Waals surface area contributed by atoms with E-state index in [0.717, 1.165) is 0 Å². The SMILES string of the molecule is COC(=O)[C@H]1CC(=O)[C@@H](C)C1(C)C. The molecule has 0 amide bonds. The molecule has 13 heavy (non-hydrogen) atoms. The van der Waals surface area contributed by atoms with E-state index in [1.54, 1.807) is 0 Å². The molecule has 1 fully saturated rings. The van der Waals surface area contributed by atoms with Crippen molar-refractivity contribution in [3.63, 3.8) is 0 Å². The highest BCUT2D eigenvalue weighted by Gasteiger charge is 2.49. The maximum Gasteiger partial charge on any atom is 0.309 e. The minimum Gasteiger partial charge on any atom is -0.469 e. The molecule has 1 aliphatic rings. The summed E-state index contributed by atoms with van der Waals surface area (Å²) < 4.78 is 4.68. The molecule has 0 bridgehead atoms. The minimum absolute atomic E-state index is 0.0448. The van der Waals surface area contributed by atoms with Crippen LogP contribution < -0.4 is 0 Å². The van der Waals surface area contributed by atoms with E-state index in [4.69, 9.17) is 0 Å². The molecule has 0 unspecified atom stereocenters. The van der Waals surface area contributed by atoms with E-state index in [-0.39, 0.29) is 29.0 Å². The number of rotatable bonds is 1. The highest BCUT2D eigenvalue weighted by molar-refractivity contribution is 5.91. The van der Waals surface area contributed by atoms with Crippen LogP contribution in [0.1, 0.15) is 27.2 Å². The molecule has 0 N–H and O–H groups in total. The fourth-order valence-corrected chi connectivity index (χ4v) is 1.89. The largest absolute Gasteiger partial charge is 0.469 e. The third-order valence-corrected chi connectivity index (χ3v) is 3.39. The van der Waals surface area contributed by atoms with E-state index in [1.807, 2.05) is 20.8 Å². The van der Waals surface area contributed by atoms with Gasteiger partial charge in [0.2, 0.25) is 0 Å². The molecule has 0 spiro atoms. The summed E-state index contributed by atoms with van der Waals surface area (Å²) in [5.41, 5.74) is -0.260. The van der Waals surface area contributed by atoms with Crippen molar-refractivity contribution in [2.24, 2.45) is 17.3 Å². The number of hydrogen-bond acceptors (Lipinski definition) is 3. The zero-order valence-corrected chi connectivity index (χ0v) is 8.59. The Hall–Kier alpha value is -0.860. The number of ether oxygens (including phenoxy) is 1. The second-order valence-corrected chi connectivity index (χ2v) is 4.29. The van der Waals surface area contributed by atoms with Gasteiger partial charge >= 0.3 is 5.97 Å². The summed E-state index contributed by atoms with van der Waals surface area (Å²) in [7, 11) is 1.37. The third kappa shape index (κ3) is 1.47. The first-order valence-electron chi connectivity index (χ1n) is 4.51. The summed E-state index contributed by atoms with van der Waals surface area (Å²) in [6.45, 7) is 5.78. The fraction of sp³-hybridized carbons (Fsp3) is 0.800. The van der Waals surface area contributed by atoms with Crippen LogP contribution in [0.25, 0.3) is 0 Å². The van der Waals surface area contributed by atoms with Gasteiger partial charge in [-0.3, -0.25) is 9.59 Å². The Bertz CT molecular complexity index is 243. The second kappa shape index (κ2) is 3.13. The first kappa shape index (κ1) is 10.2. The van der Waals surface area contributed by atoms with E-state index in [2.05, 4.69) is 4.74 Å². The molecule has 3 nitrogen and oxygen atoms in total. The number of Topliss-reactive ketones (excluding diaryl/α,β-unsaturated/α-hetero) is 1. The standard InChI is InChI=1S/C10H16O3/c1-6-8(11)5-7(9(12)13-4)10(6,2)3/h6-7H,5H2,1-4H3/t6-,7-/m1/s1. The monoisotopic (exact) mass is 184 g/mol. The van der Waals surface area contributed by atoms with Gasteiger partial charge in [0.1, 0.15) is 5.78 Å². The molecule has 0 aromatic carbocycles. The lowest BCUT2D eigenvalue weighted by Crippen LogP contribution is -2.30. The lowest BCUT2D eigenvalue weighted by atomic mass is 9.76. The van der Waals surface area contributed by atoms with Crippen LogP contribution in [-0.2, 0) is 14.3 Å². The molecule has 0 radical (unpaired) electrons. The Balaban J connectivity index is 2.90. The van der Waals surface area contributed by atoms with Crippen LogP contribution in [0.2, 0.25) is 0 Å². The number of esters is 1. The van der Waals surface area contributed by atoms with Crippen molar-refractivity contribution in [1.82, 2.24) is 0 Å². The number of methoxy groups -OCH3 is 1. The molecular weight excluding hydrogens is 168 g/mol. The van der Waals surface area contributed by atoms with Gasteiger partial charge in [-0.15, -0.1) is 0 Å². The van der Waals surface area contributed by atoms with E-state index in [0.29, 0.717) is 6.42 Å². The van der Waals surface area contributed by atoms with Crippen molar-refractivity contribution in [2.75, 3.05) is 7.11 Å². The van der Waals surface area contributed by atoms with Crippen molar-refractivity contribution in [3.8, 4) is 0 Å². The highest BCUT2D eigenvalue weighted by Crippen LogP contribution is 2.45. The van der Waals surface area contributed by atoms with E-state index in [9.17, 15) is 9.59 Å². The lowest BCUT2D eigenvalue weighted by Gasteiger charge is -2.27. The summed E-state index contributed by atoms with van der Waals surface area (Å²) in [6, 6.07) is 0. The third-order valence-electron chi connectivity index (χ3n) is 3.39. The van der Waals surface area contributed by atoms with E-state index >= 15 is 0 Å². The van der Waals surface area contributed by atoms with Crippen LogP contribution in [-0.4, -0.2) is 18.9 Å². The van der Waals surface area contributed by atoms with Crippen molar-refractivity contribution in [1.29, 1.82) is 0 Å². The Kier molecular flexibility index (Phi) is 2.46. The topological polar surface area (TPSA) is 43.4 Å². The molecule has 2 atom stereocenters. The number of ketones is 1. The van der Waals surface area contributed by atoms with Crippen molar-refractivity contribution < 1.29 is 14.3 Å². The van der Waals surface area contributed by atoms with Crippen LogP contribution >= 0.6 is 0 Å². The van der Waals surface area contributed by atoms with Gasteiger partial charge in [-0.25, -0.2) is 0 Å². The molecule has 0 heterocycles. The molecule has 0 aromatic rings. The summed E-state index contributed by atoms with van der Waals surface area (Å²) in [6.07, 6.45) is 0.334. The normalized spacial score (nSPS) is 31.8. The van der Waals surface area contributed by atoms with Gasteiger partial charge in [0.05, 0.1) is 13.0 Å². The number of carbonyl (C=O) groups is 2. The average molecular weight is 184 g/mol. The molecular formula is C10H16O3. The summed E-state index contributed by atoms with van der Waals surface area (Å²) >= 11 is 0. The van der Waals surface area contributed by atoms with Gasteiger partial charge in [-0.1, -0.05) is 20.8 Å². The van der Waals surface area contributed by atoms with Crippen LogP contribution in [0.4, 0.5) is 0 Å². The van der Waals surface area contributed by atoms with Crippen LogP contribution in [0.5, 0.6) is 0 Å². The molecule has 1 saturated carbocycles. The lowest BCUT2D eigenvalue weighted by molar-refractivity contribution is -0.149. The van der Waals surface area contributed by atoms with Crippen molar-refractivity contribution in [3.05, 3.63) is 0 Å². The molecule has 0 aromatic heterocycles. The highest BCUT2D eigenvalue weighted by atomic mass is 16.5. The van der Waals surface area contributed by atoms with Crippen LogP contribution in [0.3, 0.4) is 0 Å². The first-order valence-corrected chi connectivity index (χ1v) is 4.51. The Morgan fingerprint density at radius 2 is 2.08 bits per heavy atom. The molecule has 0 aliphatic heterocycles. The molecule has 3 heteroatoms. The average Bonchev–Trinajstić information content (AvgIpc) is 2.28. The number of carbonyl (C=O) groups excluding carboxylic acids is 2. The van der Waals surface area contributed by atoms with Crippen molar-refractivity contribution in [2.45, 2.75) is 27.2 Å². The van der Waals surface area contributed by atoms with E-state index in [1.165, 1.54) is 7.11 Å². The predicted molar refractivity (Wildman–Crippen MR) is 48.1 cm³/mol. The maximum absolute atomic E-state index is 11.4. The van der Waals surface area contributed by atoms with Gasteiger partial charge in [0, 0.05) is 12.3 Å². The van der Waals surface area contributed by atoms with Gasteiger partial charge in [-0.2, -0.15) is 0 Å². The summed E-state index contributed by atoms with van der Waals surface area (Å²) in [5.74, 6) is -0.403. The van der Waals surface area contributed by atoms with Crippen LogP contribution in [0.15, 0.2) is 0 Å². The molecule has 1 rings (SSSR count). The van der Waals surface area contributed by atoms with Gasteiger partial charge in [-0.05, 0) is 5.41 Å². The van der Waals surface area contributed by atoms with Gasteiger partial charge in [0.25, 0.3) is 0 Å². The first-order chi connectivity index (χ1) is 5.91. The van der Waals surface area contributed by atoms with E-state index < -0.39 is 0 Å². The Labute approximate surface area is 78.5 Å². The minimum atomic E-state index is -0.264. The van der Waals surface area contributed by atoms with Crippen LogP contribution in [0, 0.1) is 17.3 Å². The molecule has 0 saturated heterocycles. The zero-order valence-electron chi connectivity index (χ0n) is 8.59. The second-order valence-electron chi connectivity index (χ2n) is 4.29. The number of hydrogen-bond donors (Lipinski definition) is 0. The molecule has 1 aliphatic carbocycles. The smallest absolute Gasteiger partial charge is 0.309 e. The predicted octanol–water partition coefficient (Wildman–Crippen LogP) is 1.41.